The maximum atomic E-state index is 11.2. The Morgan fingerprint density at radius 1 is 1.35 bits per heavy atom. The van der Waals surface area contributed by atoms with Crippen molar-refractivity contribution < 1.29 is 29.0 Å². The number of nitrogens with two attached hydrogens (primary N) is 1. The number of aliphatic carboxylic acids is 1. The van der Waals surface area contributed by atoms with Gasteiger partial charge in [-0.3, -0.25) is 14.4 Å². The van der Waals surface area contributed by atoms with E-state index in [2.05, 4.69) is 10.1 Å². The number of nitrogens with one attached hydrogen (secondary N) is 1. The van der Waals surface area contributed by atoms with Gasteiger partial charge in [-0.1, -0.05) is 0 Å². The molecule has 0 spiro atoms. The van der Waals surface area contributed by atoms with E-state index in [4.69, 9.17) is 15.6 Å². The van der Waals surface area contributed by atoms with Gasteiger partial charge < -0.3 is 25.6 Å². The summed E-state index contributed by atoms with van der Waals surface area (Å²) in [5.74, 6) is -2.74. The third kappa shape index (κ3) is 8.17. The molecular formula is C9H16N2O6. The highest BCUT2D eigenvalue weighted by atomic mass is 16.5. The summed E-state index contributed by atoms with van der Waals surface area (Å²) in [4.78, 5) is 32.4. The van der Waals surface area contributed by atoms with E-state index < -0.39 is 30.2 Å². The van der Waals surface area contributed by atoms with Crippen molar-refractivity contribution in [1.29, 1.82) is 0 Å². The van der Waals surface area contributed by atoms with Crippen LogP contribution in [-0.2, 0) is 23.9 Å². The number of carbonyl (C=O) groups is 3. The Bertz CT molecular complexity index is 281. The molecule has 2 amide bonds. The maximum absolute atomic E-state index is 11.2. The molecule has 0 aromatic heterocycles. The molecule has 8 nitrogen and oxygen atoms in total. The van der Waals surface area contributed by atoms with Crippen LogP contribution in [0.5, 0.6) is 0 Å². The molecule has 4 N–H and O–H groups in total. The van der Waals surface area contributed by atoms with Gasteiger partial charge in [-0.2, -0.15) is 0 Å². The molecule has 0 rings (SSSR count). The number of carboxylic acids is 1. The number of primary amides is 1. The lowest BCUT2D eigenvalue weighted by molar-refractivity contribution is -0.140. The summed E-state index contributed by atoms with van der Waals surface area (Å²) in [6, 6.07) is -1.23. The number of methoxy groups -OCH3 is 1. The minimum atomic E-state index is -1.23. The largest absolute Gasteiger partial charge is 0.481 e. The molecule has 17 heavy (non-hydrogen) atoms. The number of hydrogen-bond donors (Lipinski definition) is 3. The highest BCUT2D eigenvalue weighted by Gasteiger charge is 2.20. The van der Waals surface area contributed by atoms with Crippen LogP contribution < -0.4 is 11.1 Å². The zero-order valence-electron chi connectivity index (χ0n) is 9.47. The van der Waals surface area contributed by atoms with Gasteiger partial charge in [0.1, 0.15) is 12.6 Å². The van der Waals surface area contributed by atoms with Gasteiger partial charge in [-0.05, 0) is 0 Å². The molecule has 8 heteroatoms. The predicted octanol–water partition coefficient (Wildman–Crippen LogP) is -1.91. The van der Waals surface area contributed by atoms with Crippen molar-refractivity contribution in [2.45, 2.75) is 12.5 Å². The fraction of sp³-hybridized carbons (Fsp3) is 0.667. The summed E-state index contributed by atoms with van der Waals surface area (Å²) in [5.41, 5.74) is 4.93. The quantitative estimate of drug-likeness (QED) is 0.409. The van der Waals surface area contributed by atoms with Crippen LogP contribution in [0.25, 0.3) is 0 Å². The van der Waals surface area contributed by atoms with Crippen molar-refractivity contribution in [3.8, 4) is 0 Å². The molecule has 0 aliphatic rings. The lowest BCUT2D eigenvalue weighted by Crippen LogP contribution is -2.46. The lowest BCUT2D eigenvalue weighted by atomic mass is 10.2. The molecule has 0 unspecified atom stereocenters. The number of amides is 2. The standard InChI is InChI=1S/C9H16N2O6/c1-16-2-3-17-5-7(12)11-6(9(10)15)4-8(13)14/h6H,2-5H2,1H3,(H2,10,15)(H,11,12)(H,13,14)/t6-/m1/s1. The molecule has 1 atom stereocenters. The Morgan fingerprint density at radius 3 is 2.47 bits per heavy atom. The zero-order valence-corrected chi connectivity index (χ0v) is 9.47. The summed E-state index contributed by atoms with van der Waals surface area (Å²) in [6.07, 6.45) is -0.556. The van der Waals surface area contributed by atoms with E-state index in [0.717, 1.165) is 0 Å². The van der Waals surface area contributed by atoms with E-state index in [9.17, 15) is 14.4 Å². The first-order chi connectivity index (χ1) is 7.97. The highest BCUT2D eigenvalue weighted by Crippen LogP contribution is 1.91. The van der Waals surface area contributed by atoms with Crippen molar-refractivity contribution in [2.24, 2.45) is 5.73 Å². The lowest BCUT2D eigenvalue weighted by Gasteiger charge is -2.13. The van der Waals surface area contributed by atoms with Crippen LogP contribution in [0.1, 0.15) is 6.42 Å². The Kier molecular flexibility index (Phi) is 7.65. The Balaban J connectivity index is 3.96. The van der Waals surface area contributed by atoms with E-state index >= 15 is 0 Å². The Morgan fingerprint density at radius 2 is 2.00 bits per heavy atom. The third-order valence-corrected chi connectivity index (χ3v) is 1.72. The molecule has 0 fully saturated rings. The normalized spacial score (nSPS) is 11.8. The molecule has 0 aromatic carbocycles. The van der Waals surface area contributed by atoms with Gasteiger partial charge in [0.25, 0.3) is 0 Å². The molecule has 0 saturated heterocycles. The summed E-state index contributed by atoms with van der Waals surface area (Å²) in [6.45, 7) is 0.276. The van der Waals surface area contributed by atoms with Crippen molar-refractivity contribution >= 4 is 17.8 Å². The van der Waals surface area contributed by atoms with Gasteiger partial charge in [-0.25, -0.2) is 0 Å². The summed E-state index contributed by atoms with van der Waals surface area (Å²) in [7, 11) is 1.49. The molecule has 0 aliphatic carbocycles. The smallest absolute Gasteiger partial charge is 0.305 e. The Hall–Kier alpha value is -1.67. The minimum Gasteiger partial charge on any atom is -0.481 e. The second-order valence-corrected chi connectivity index (χ2v) is 3.17. The van der Waals surface area contributed by atoms with Crippen molar-refractivity contribution in [3.05, 3.63) is 0 Å². The summed E-state index contributed by atoms with van der Waals surface area (Å²) < 4.78 is 9.57. The Labute approximate surface area is 98.1 Å². The van der Waals surface area contributed by atoms with E-state index in [-0.39, 0.29) is 13.2 Å². The van der Waals surface area contributed by atoms with Crippen molar-refractivity contribution in [3.63, 3.8) is 0 Å². The molecule has 0 aliphatic heterocycles. The molecule has 0 radical (unpaired) electrons. The van der Waals surface area contributed by atoms with E-state index in [1.807, 2.05) is 0 Å². The van der Waals surface area contributed by atoms with E-state index in [1.54, 1.807) is 0 Å². The van der Waals surface area contributed by atoms with Crippen LogP contribution in [-0.4, -0.2) is 55.9 Å². The third-order valence-electron chi connectivity index (χ3n) is 1.72. The predicted molar refractivity (Wildman–Crippen MR) is 56.1 cm³/mol. The average Bonchev–Trinajstić information content (AvgIpc) is 2.22. The second kappa shape index (κ2) is 8.48. The topological polar surface area (TPSA) is 128 Å². The van der Waals surface area contributed by atoms with Gasteiger partial charge in [0, 0.05) is 7.11 Å². The molecule has 98 valence electrons. The minimum absolute atomic E-state index is 0.226. The highest BCUT2D eigenvalue weighted by molar-refractivity contribution is 5.89. The van der Waals surface area contributed by atoms with E-state index in [1.165, 1.54) is 7.11 Å². The van der Waals surface area contributed by atoms with Gasteiger partial charge in [0.2, 0.25) is 11.8 Å². The van der Waals surface area contributed by atoms with Crippen molar-refractivity contribution in [2.75, 3.05) is 26.9 Å². The average molecular weight is 248 g/mol. The van der Waals surface area contributed by atoms with Crippen LogP contribution >= 0.6 is 0 Å². The van der Waals surface area contributed by atoms with Gasteiger partial charge in [0.15, 0.2) is 0 Å². The first-order valence-corrected chi connectivity index (χ1v) is 4.84. The van der Waals surface area contributed by atoms with Crippen molar-refractivity contribution in [1.82, 2.24) is 5.32 Å². The monoisotopic (exact) mass is 248 g/mol. The van der Waals surface area contributed by atoms with Gasteiger partial charge >= 0.3 is 5.97 Å². The zero-order chi connectivity index (χ0) is 13.3. The number of carbonyl (C=O) groups excluding carboxylic acids is 2. The van der Waals surface area contributed by atoms with E-state index in [0.29, 0.717) is 6.61 Å². The number of hydrogen-bond acceptors (Lipinski definition) is 5. The van der Waals surface area contributed by atoms with Crippen LogP contribution in [0.4, 0.5) is 0 Å². The molecular weight excluding hydrogens is 232 g/mol. The number of rotatable bonds is 9. The van der Waals surface area contributed by atoms with Gasteiger partial charge in [-0.15, -0.1) is 0 Å². The van der Waals surface area contributed by atoms with Crippen LogP contribution in [0.15, 0.2) is 0 Å². The summed E-state index contributed by atoms with van der Waals surface area (Å²) in [5, 5.41) is 10.6. The number of ether oxygens (including phenoxy) is 2. The first kappa shape index (κ1) is 15.3. The SMILES string of the molecule is COCCOCC(=O)N[C@H](CC(=O)O)C(N)=O. The first-order valence-electron chi connectivity index (χ1n) is 4.84. The molecule has 0 bridgehead atoms. The molecule has 0 saturated carbocycles. The number of carboxylic acid groups (broad SMARTS) is 1. The fourth-order valence-corrected chi connectivity index (χ4v) is 0.940. The van der Waals surface area contributed by atoms with Crippen LogP contribution in [0.3, 0.4) is 0 Å². The second-order valence-electron chi connectivity index (χ2n) is 3.17. The molecule has 0 heterocycles. The maximum Gasteiger partial charge on any atom is 0.305 e. The van der Waals surface area contributed by atoms with Crippen LogP contribution in [0.2, 0.25) is 0 Å². The fourth-order valence-electron chi connectivity index (χ4n) is 0.940. The van der Waals surface area contributed by atoms with Gasteiger partial charge in [0.05, 0.1) is 19.6 Å². The summed E-state index contributed by atoms with van der Waals surface area (Å²) >= 11 is 0. The van der Waals surface area contributed by atoms with Crippen LogP contribution in [0, 0.1) is 0 Å². The molecule has 0 aromatic rings.